The number of halogens is 6. The monoisotopic (exact) mass is 866 g/mol. The second kappa shape index (κ2) is 20.5. The van der Waals surface area contributed by atoms with Gasteiger partial charge in [0.1, 0.15) is 0 Å². The van der Waals surface area contributed by atoms with Crippen LogP contribution < -0.4 is 15.9 Å². The van der Waals surface area contributed by atoms with Gasteiger partial charge in [-0.1, -0.05) is 162 Å². The predicted molar refractivity (Wildman–Crippen MR) is 212 cm³/mol. The molecule has 0 unspecified atom stereocenters. The van der Waals surface area contributed by atoms with Gasteiger partial charge in [-0.05, 0) is 59.0 Å². The van der Waals surface area contributed by atoms with Crippen LogP contribution in [-0.4, -0.2) is 5.78 Å². The van der Waals surface area contributed by atoms with Crippen LogP contribution in [0.15, 0.2) is 158 Å². The zero-order chi connectivity index (χ0) is 39.1. The first kappa shape index (κ1) is 46.7. The minimum Gasteiger partial charge on any atom is -0.351 e. The molecule has 10 heteroatoms. The molecule has 1 nitrogen and oxygen atoms in total. The molecule has 0 spiro atoms. The SMILES string of the molecule is C[C]1[C](C)[C](C)[C](C)[C]1C.F[P-](F)(F)(F)(F)F.O=C(C=[C-]c1ccccc1)Cc1ccccc1.[Rh+2].c1ccc(P(c2ccccc2)c2ccccc2)cc1. The molecule has 0 heterocycles. The number of carbonyl (C=O) groups excluding carboxylic acids is 1. The summed E-state index contributed by atoms with van der Waals surface area (Å²) in [5.74, 6) is 7.41. The van der Waals surface area contributed by atoms with Gasteiger partial charge in [0.2, 0.25) is 0 Å². The third kappa shape index (κ3) is 18.3. The number of ketones is 1. The number of allylic oxidation sites excluding steroid dienone is 1. The summed E-state index contributed by atoms with van der Waals surface area (Å²) in [4.78, 5) is 11.7. The van der Waals surface area contributed by atoms with Gasteiger partial charge in [0.15, 0.2) is 0 Å². The summed E-state index contributed by atoms with van der Waals surface area (Å²) in [6, 6.07) is 51.7. The summed E-state index contributed by atoms with van der Waals surface area (Å²) in [5, 5.41) is 4.19. The van der Waals surface area contributed by atoms with Gasteiger partial charge in [0.05, 0.1) is 5.78 Å². The van der Waals surface area contributed by atoms with Crippen molar-refractivity contribution >= 4 is 37.4 Å². The molecule has 54 heavy (non-hydrogen) atoms. The molecule has 6 rings (SSSR count). The molecule has 0 N–H and O–H groups in total. The second-order valence-electron chi connectivity index (χ2n) is 12.2. The van der Waals surface area contributed by atoms with E-state index < -0.39 is 15.7 Å². The van der Waals surface area contributed by atoms with E-state index in [4.69, 9.17) is 0 Å². The molecule has 0 amide bonds. The fourth-order valence-corrected chi connectivity index (χ4v) is 7.44. The van der Waals surface area contributed by atoms with Crippen molar-refractivity contribution in [1.29, 1.82) is 0 Å². The first-order valence-corrected chi connectivity index (χ1v) is 20.1. The minimum atomic E-state index is -10.7. The molecule has 0 aliphatic heterocycles. The van der Waals surface area contributed by atoms with E-state index >= 15 is 0 Å². The van der Waals surface area contributed by atoms with Crippen LogP contribution in [0.5, 0.6) is 0 Å². The maximum Gasteiger partial charge on any atom is 2.00 e. The van der Waals surface area contributed by atoms with E-state index in [1.165, 1.54) is 51.6 Å². The summed E-state index contributed by atoms with van der Waals surface area (Å²) < 4.78 is 59.2. The quantitative estimate of drug-likeness (QED) is 0.0524. The van der Waals surface area contributed by atoms with Crippen LogP contribution in [0.25, 0.3) is 0 Å². The topological polar surface area (TPSA) is 17.1 Å². The Bertz CT molecular complexity index is 1680. The zero-order valence-electron chi connectivity index (χ0n) is 30.6. The Morgan fingerprint density at radius 1 is 0.500 bits per heavy atom. The minimum absolute atomic E-state index is 0. The molecule has 6 radical (unpaired) electrons. The summed E-state index contributed by atoms with van der Waals surface area (Å²) in [6.07, 6.45) is 4.94. The van der Waals surface area contributed by atoms with Gasteiger partial charge in [-0.25, -0.2) is 0 Å². The van der Waals surface area contributed by atoms with Crippen LogP contribution in [0.3, 0.4) is 0 Å². The largest absolute Gasteiger partial charge is 2.00 e. The molecule has 1 saturated carbocycles. The van der Waals surface area contributed by atoms with Crippen molar-refractivity contribution in [3.8, 4) is 0 Å². The van der Waals surface area contributed by atoms with E-state index in [-0.39, 0.29) is 25.3 Å². The van der Waals surface area contributed by atoms with Crippen molar-refractivity contribution in [1.82, 2.24) is 0 Å². The Labute approximate surface area is 331 Å². The van der Waals surface area contributed by atoms with Crippen molar-refractivity contribution in [2.75, 3.05) is 0 Å². The van der Waals surface area contributed by atoms with Gasteiger partial charge in [-0.2, -0.15) is 0 Å². The molecule has 1 aliphatic carbocycles. The maximum absolute atomic E-state index is 11.7. The third-order valence-corrected chi connectivity index (χ3v) is 10.7. The van der Waals surface area contributed by atoms with Gasteiger partial charge in [0, 0.05) is 6.42 Å². The summed E-state index contributed by atoms with van der Waals surface area (Å²) >= 11 is 0. The van der Waals surface area contributed by atoms with Crippen LogP contribution in [0.4, 0.5) is 25.2 Å². The van der Waals surface area contributed by atoms with Crippen LogP contribution in [-0.2, 0) is 30.7 Å². The van der Waals surface area contributed by atoms with E-state index in [2.05, 4.69) is 132 Å². The van der Waals surface area contributed by atoms with Crippen molar-refractivity contribution < 1.29 is 49.5 Å². The molecular formula is C44H43F6OP2Rh. The number of hydrogen-bond donors (Lipinski definition) is 0. The Balaban J connectivity index is 0.000000264. The number of rotatable bonds is 7. The van der Waals surface area contributed by atoms with Gasteiger partial charge in [-0.3, -0.25) is 0 Å². The van der Waals surface area contributed by atoms with Gasteiger partial charge in [0.25, 0.3) is 0 Å². The fourth-order valence-electron chi connectivity index (χ4n) is 5.13. The van der Waals surface area contributed by atoms with Crippen LogP contribution in [0.1, 0.15) is 45.7 Å². The van der Waals surface area contributed by atoms with E-state index in [0.29, 0.717) is 6.42 Å². The first-order chi connectivity index (χ1) is 24.8. The van der Waals surface area contributed by atoms with E-state index in [9.17, 15) is 30.0 Å². The average molecular weight is 867 g/mol. The second-order valence-corrected chi connectivity index (χ2v) is 16.3. The molecule has 1 aliphatic rings. The fraction of sp³-hybridized carbons (Fsp3) is 0.136. The molecular weight excluding hydrogens is 823 g/mol. The Hall–Kier alpha value is -3.43. The maximum atomic E-state index is 11.7. The van der Waals surface area contributed by atoms with E-state index in [1.54, 1.807) is 0 Å². The van der Waals surface area contributed by atoms with E-state index in [1.807, 2.05) is 60.7 Å². The predicted octanol–water partition coefficient (Wildman–Crippen LogP) is 13.0. The summed E-state index contributed by atoms with van der Waals surface area (Å²) in [7, 11) is -11.1. The van der Waals surface area contributed by atoms with Gasteiger partial charge < -0.3 is 4.79 Å². The van der Waals surface area contributed by atoms with Crippen LogP contribution in [0.2, 0.25) is 0 Å². The normalized spacial score (nSPS) is 15.3. The molecule has 0 aromatic heterocycles. The Morgan fingerprint density at radius 2 is 0.759 bits per heavy atom. The molecule has 1 fully saturated rings. The molecule has 0 saturated heterocycles. The van der Waals surface area contributed by atoms with Gasteiger partial charge in [-0.15, -0.1) is 42.0 Å². The molecule has 5 aromatic rings. The number of benzene rings is 5. The van der Waals surface area contributed by atoms with Crippen molar-refractivity contribution in [2.45, 2.75) is 41.0 Å². The molecule has 0 atom stereocenters. The standard InChI is InChI=1S/C18H15P.C16H13O.C10H15.F6P.Rh/c1-4-10-16(11-5-1)19(17-12-6-2-7-13-17)18-14-8-3-9-15-18;17-16(13-15-9-5-2-6-10-15)12-11-14-7-3-1-4-8-14;1-6-7(2)9(4)10(5)8(6)3;1-7(2,3,4,5)6;/h1-15H;1-10,12H,13H2;1-5H3;;/q;-1;;-1;+2. The van der Waals surface area contributed by atoms with Crippen molar-refractivity contribution in [2.24, 2.45) is 0 Å². The van der Waals surface area contributed by atoms with Crippen molar-refractivity contribution in [3.05, 3.63) is 205 Å². The smallest absolute Gasteiger partial charge is 0.351 e. The van der Waals surface area contributed by atoms with E-state index in [0.717, 1.165) is 11.1 Å². The first-order valence-electron chi connectivity index (χ1n) is 16.7. The number of carbonyl (C=O) groups is 1. The summed E-state index contributed by atoms with van der Waals surface area (Å²) in [6.45, 7) is 11.0. The molecule has 0 bridgehead atoms. The third-order valence-electron chi connectivity index (χ3n) is 8.25. The van der Waals surface area contributed by atoms with Crippen molar-refractivity contribution in [3.63, 3.8) is 0 Å². The molecule has 5 aromatic carbocycles. The zero-order valence-corrected chi connectivity index (χ0v) is 34.0. The Kier molecular flexibility index (Phi) is 17.7. The van der Waals surface area contributed by atoms with Gasteiger partial charge >= 0.3 is 52.5 Å². The van der Waals surface area contributed by atoms with Crippen LogP contribution in [0, 0.1) is 35.7 Å². The summed E-state index contributed by atoms with van der Waals surface area (Å²) in [5.41, 5.74) is 1.96. The number of hydrogen-bond acceptors (Lipinski definition) is 1. The average Bonchev–Trinajstić information content (AvgIpc) is 3.29. The Morgan fingerprint density at radius 3 is 1.06 bits per heavy atom. The van der Waals surface area contributed by atoms with Crippen LogP contribution >= 0.6 is 15.7 Å². The molecule has 286 valence electrons.